The third-order valence-electron chi connectivity index (χ3n) is 2.52. The minimum absolute atomic E-state index is 0.0347. The van der Waals surface area contributed by atoms with E-state index in [0.717, 1.165) is 17.4 Å². The second kappa shape index (κ2) is 5.70. The van der Waals surface area contributed by atoms with Crippen LogP contribution in [0, 0.1) is 5.82 Å². The molecule has 1 aromatic heterocycles. The number of carbonyl (C=O) groups is 2. The van der Waals surface area contributed by atoms with Crippen LogP contribution in [0.1, 0.15) is 20.0 Å². The fourth-order valence-corrected chi connectivity index (χ4v) is 2.26. The van der Waals surface area contributed by atoms with Crippen LogP contribution in [-0.2, 0) is 0 Å². The summed E-state index contributed by atoms with van der Waals surface area (Å²) in [4.78, 5) is 23.0. The molecule has 0 fully saturated rings. The van der Waals surface area contributed by atoms with E-state index in [4.69, 9.17) is 9.84 Å². The number of nitrogens with one attached hydrogen (secondary N) is 1. The highest BCUT2D eigenvalue weighted by atomic mass is 32.1. The van der Waals surface area contributed by atoms with Crippen molar-refractivity contribution in [2.24, 2.45) is 0 Å². The third kappa shape index (κ3) is 2.77. The van der Waals surface area contributed by atoms with E-state index in [1.54, 1.807) is 5.38 Å². The Morgan fingerprint density at radius 1 is 1.35 bits per heavy atom. The van der Waals surface area contributed by atoms with Crippen LogP contribution in [0.15, 0.2) is 29.6 Å². The quantitative estimate of drug-likeness (QED) is 0.909. The molecule has 7 heteroatoms. The molecule has 1 amide bonds. The van der Waals surface area contributed by atoms with Gasteiger partial charge in [-0.15, -0.1) is 11.3 Å². The molecule has 2 aromatic rings. The number of hydrogen-bond donors (Lipinski definition) is 2. The summed E-state index contributed by atoms with van der Waals surface area (Å²) in [6.45, 7) is 0. The van der Waals surface area contributed by atoms with Gasteiger partial charge in [0.15, 0.2) is 11.6 Å². The van der Waals surface area contributed by atoms with Crippen LogP contribution in [0.4, 0.5) is 10.1 Å². The van der Waals surface area contributed by atoms with Crippen molar-refractivity contribution in [3.63, 3.8) is 0 Å². The number of aromatic carboxylic acids is 1. The fraction of sp³-hybridized carbons (Fsp3) is 0.0769. The van der Waals surface area contributed by atoms with E-state index in [1.807, 2.05) is 0 Å². The molecule has 2 rings (SSSR count). The molecular weight excluding hydrogens is 285 g/mol. The van der Waals surface area contributed by atoms with Gasteiger partial charge in [0.05, 0.1) is 12.8 Å². The number of amides is 1. The maximum absolute atomic E-state index is 13.2. The van der Waals surface area contributed by atoms with Crippen LogP contribution in [-0.4, -0.2) is 24.1 Å². The van der Waals surface area contributed by atoms with Crippen molar-refractivity contribution >= 4 is 28.9 Å². The first-order valence-electron chi connectivity index (χ1n) is 5.48. The van der Waals surface area contributed by atoms with Gasteiger partial charge in [-0.2, -0.15) is 0 Å². The van der Waals surface area contributed by atoms with Gasteiger partial charge in [0.2, 0.25) is 0 Å². The molecule has 0 bridgehead atoms. The average Bonchev–Trinajstić information content (AvgIpc) is 2.87. The van der Waals surface area contributed by atoms with Gasteiger partial charge < -0.3 is 15.2 Å². The van der Waals surface area contributed by atoms with Crippen LogP contribution in [0.3, 0.4) is 0 Å². The molecule has 0 atom stereocenters. The number of carboxylic acids is 1. The number of halogens is 1. The van der Waals surface area contributed by atoms with Gasteiger partial charge >= 0.3 is 5.97 Å². The van der Waals surface area contributed by atoms with Crippen LogP contribution in [0.2, 0.25) is 0 Å². The summed E-state index contributed by atoms with van der Waals surface area (Å²) >= 11 is 1.01. The maximum Gasteiger partial charge on any atom is 0.348 e. The van der Waals surface area contributed by atoms with Gasteiger partial charge in [0.1, 0.15) is 4.88 Å². The Bertz CT molecular complexity index is 668. The number of hydrogen-bond acceptors (Lipinski definition) is 4. The van der Waals surface area contributed by atoms with Gasteiger partial charge in [-0.3, -0.25) is 4.79 Å². The number of benzene rings is 1. The van der Waals surface area contributed by atoms with Gasteiger partial charge in [-0.25, -0.2) is 9.18 Å². The summed E-state index contributed by atoms with van der Waals surface area (Å²) in [7, 11) is 1.29. The standard InChI is InChI=1S/C13H10FNO4S/c1-19-10-6-7(2-3-8(10)14)12(16)15-9-4-5-20-11(9)13(17)18/h2-6H,1H3,(H,15,16)(H,17,18). The molecule has 20 heavy (non-hydrogen) atoms. The zero-order valence-electron chi connectivity index (χ0n) is 10.3. The third-order valence-corrected chi connectivity index (χ3v) is 3.42. The molecule has 0 unspecified atom stereocenters. The minimum Gasteiger partial charge on any atom is -0.494 e. The second-order valence-electron chi connectivity index (χ2n) is 3.77. The van der Waals surface area contributed by atoms with E-state index in [2.05, 4.69) is 5.32 Å². The Kier molecular flexibility index (Phi) is 3.99. The van der Waals surface area contributed by atoms with Crippen molar-refractivity contribution in [3.8, 4) is 5.75 Å². The minimum atomic E-state index is -1.12. The van der Waals surface area contributed by atoms with Gasteiger partial charge in [0.25, 0.3) is 5.91 Å². The first kappa shape index (κ1) is 14.0. The number of rotatable bonds is 4. The normalized spacial score (nSPS) is 10.1. The molecule has 0 aliphatic heterocycles. The van der Waals surface area contributed by atoms with Gasteiger partial charge in [-0.1, -0.05) is 0 Å². The van der Waals surface area contributed by atoms with E-state index < -0.39 is 17.7 Å². The average molecular weight is 295 g/mol. The fourth-order valence-electron chi connectivity index (χ4n) is 1.57. The van der Waals surface area contributed by atoms with E-state index in [1.165, 1.54) is 25.3 Å². The predicted molar refractivity (Wildman–Crippen MR) is 72.2 cm³/mol. The molecule has 0 aliphatic rings. The molecule has 2 N–H and O–H groups in total. The smallest absolute Gasteiger partial charge is 0.348 e. The summed E-state index contributed by atoms with van der Waals surface area (Å²) in [5.41, 5.74) is 0.376. The van der Waals surface area contributed by atoms with Crippen LogP contribution in [0.25, 0.3) is 0 Å². The van der Waals surface area contributed by atoms with Crippen LogP contribution in [0.5, 0.6) is 5.75 Å². The molecular formula is C13H10FNO4S. The highest BCUT2D eigenvalue weighted by Gasteiger charge is 2.16. The monoisotopic (exact) mass is 295 g/mol. The molecule has 104 valence electrons. The summed E-state index contributed by atoms with van der Waals surface area (Å²) in [6.07, 6.45) is 0. The lowest BCUT2D eigenvalue weighted by Gasteiger charge is -2.07. The topological polar surface area (TPSA) is 75.6 Å². The molecule has 0 aliphatic carbocycles. The summed E-state index contributed by atoms with van der Waals surface area (Å²) in [5.74, 6) is -2.29. The van der Waals surface area contributed by atoms with Crippen molar-refractivity contribution in [2.75, 3.05) is 12.4 Å². The number of thiophene rings is 1. The number of methoxy groups -OCH3 is 1. The van der Waals surface area contributed by atoms with E-state index in [-0.39, 0.29) is 21.9 Å². The Balaban J connectivity index is 2.24. The first-order chi connectivity index (χ1) is 9.52. The molecule has 1 aromatic carbocycles. The van der Waals surface area contributed by atoms with Crippen molar-refractivity contribution in [1.82, 2.24) is 0 Å². The molecule has 0 radical (unpaired) electrons. The molecule has 5 nitrogen and oxygen atoms in total. The lowest BCUT2D eigenvalue weighted by Crippen LogP contribution is -2.13. The maximum atomic E-state index is 13.2. The van der Waals surface area contributed by atoms with Crippen LogP contribution >= 0.6 is 11.3 Å². The lowest BCUT2D eigenvalue weighted by molar-refractivity contribution is 0.0703. The van der Waals surface area contributed by atoms with Crippen molar-refractivity contribution in [3.05, 3.63) is 45.9 Å². The molecule has 1 heterocycles. The Labute approximate surface area is 117 Å². The van der Waals surface area contributed by atoms with E-state index in [0.29, 0.717) is 0 Å². The number of ether oxygens (including phenoxy) is 1. The molecule has 0 saturated heterocycles. The molecule has 0 spiro atoms. The first-order valence-corrected chi connectivity index (χ1v) is 6.36. The lowest BCUT2D eigenvalue weighted by atomic mass is 10.2. The van der Waals surface area contributed by atoms with Crippen molar-refractivity contribution < 1.29 is 23.8 Å². The van der Waals surface area contributed by atoms with Crippen LogP contribution < -0.4 is 10.1 Å². The summed E-state index contributed by atoms with van der Waals surface area (Å²) in [6, 6.07) is 5.14. The SMILES string of the molecule is COc1cc(C(=O)Nc2ccsc2C(=O)O)ccc1F. The van der Waals surface area contributed by atoms with E-state index >= 15 is 0 Å². The van der Waals surface area contributed by atoms with E-state index in [9.17, 15) is 14.0 Å². The number of carboxylic acid groups (broad SMARTS) is 1. The predicted octanol–water partition coefficient (Wildman–Crippen LogP) is 2.85. The van der Waals surface area contributed by atoms with Gasteiger partial charge in [0, 0.05) is 5.56 Å². The summed E-state index contributed by atoms with van der Waals surface area (Å²) < 4.78 is 18.0. The summed E-state index contributed by atoms with van der Waals surface area (Å²) in [5, 5.41) is 13.0. The number of carbonyl (C=O) groups excluding carboxylic acids is 1. The highest BCUT2D eigenvalue weighted by Crippen LogP contribution is 2.24. The Morgan fingerprint density at radius 2 is 2.10 bits per heavy atom. The second-order valence-corrected chi connectivity index (χ2v) is 4.69. The highest BCUT2D eigenvalue weighted by molar-refractivity contribution is 7.12. The van der Waals surface area contributed by atoms with Gasteiger partial charge in [-0.05, 0) is 29.6 Å². The Morgan fingerprint density at radius 3 is 2.75 bits per heavy atom. The number of anilines is 1. The van der Waals surface area contributed by atoms with Crippen molar-refractivity contribution in [1.29, 1.82) is 0 Å². The largest absolute Gasteiger partial charge is 0.494 e. The zero-order valence-corrected chi connectivity index (χ0v) is 11.2. The Hall–Kier alpha value is -2.41. The zero-order chi connectivity index (χ0) is 14.7. The molecule has 0 saturated carbocycles. The van der Waals surface area contributed by atoms with Crippen molar-refractivity contribution in [2.45, 2.75) is 0 Å².